The van der Waals surface area contributed by atoms with E-state index in [4.69, 9.17) is 4.74 Å². The lowest BCUT2D eigenvalue weighted by molar-refractivity contribution is -0.143. The first-order chi connectivity index (χ1) is 24.0. The molecular weight excluding hydrogens is 709 g/mol. The average molecular weight is 750 g/mol. The SMILES string of the molecule is Cc1cc2c(cc1C(F)(F)F)N(CC1CCN(C(=O)OC(C)(C)C)CC1)CCC[C@@H]2N(Cc1cc(C(F)(F)F)cc(C(F)(F)F)c1)c1nnn(C)n1. The Balaban J connectivity index is 1.54. The van der Waals surface area contributed by atoms with Crippen LogP contribution in [0.3, 0.4) is 0 Å². The van der Waals surface area contributed by atoms with E-state index >= 15 is 0 Å². The molecule has 1 aromatic heterocycles. The molecule has 9 nitrogen and oxygen atoms in total. The van der Waals surface area contributed by atoms with E-state index in [0.717, 1.165) is 10.9 Å². The predicted octanol–water partition coefficient (Wildman–Crippen LogP) is 8.57. The highest BCUT2D eigenvalue weighted by atomic mass is 19.4. The highest BCUT2D eigenvalue weighted by Crippen LogP contribution is 2.45. The van der Waals surface area contributed by atoms with E-state index < -0.39 is 59.5 Å². The van der Waals surface area contributed by atoms with Crippen LogP contribution in [-0.2, 0) is 36.9 Å². The Morgan fingerprint density at radius 3 is 2.00 bits per heavy atom. The number of likely N-dealkylation sites (tertiary alicyclic amines) is 1. The fraction of sp³-hybridized carbons (Fsp3) is 0.588. The molecular formula is C34H40F9N7O2. The fourth-order valence-corrected chi connectivity index (χ4v) is 6.78. The minimum atomic E-state index is -5.09. The molecule has 52 heavy (non-hydrogen) atoms. The third-order valence-electron chi connectivity index (χ3n) is 9.16. The number of benzene rings is 2. The van der Waals surface area contributed by atoms with Crippen molar-refractivity contribution in [2.45, 2.75) is 90.1 Å². The number of tetrazole rings is 1. The van der Waals surface area contributed by atoms with E-state index in [-0.39, 0.29) is 41.2 Å². The predicted molar refractivity (Wildman–Crippen MR) is 172 cm³/mol. The van der Waals surface area contributed by atoms with Gasteiger partial charge in [0, 0.05) is 38.4 Å². The monoisotopic (exact) mass is 749 g/mol. The Labute approximate surface area is 294 Å². The van der Waals surface area contributed by atoms with Crippen molar-refractivity contribution in [3.8, 4) is 0 Å². The van der Waals surface area contributed by atoms with Crippen LogP contribution in [0.15, 0.2) is 30.3 Å². The molecule has 2 aliphatic rings. The van der Waals surface area contributed by atoms with Crippen LogP contribution in [0, 0.1) is 12.8 Å². The fourth-order valence-electron chi connectivity index (χ4n) is 6.78. The Morgan fingerprint density at radius 1 is 0.865 bits per heavy atom. The third kappa shape index (κ3) is 9.21. The molecule has 1 saturated heterocycles. The molecule has 1 amide bonds. The number of ether oxygens (including phenoxy) is 1. The topological polar surface area (TPSA) is 79.6 Å². The van der Waals surface area contributed by atoms with Gasteiger partial charge in [-0.25, -0.2) is 4.79 Å². The van der Waals surface area contributed by atoms with Crippen molar-refractivity contribution in [3.05, 3.63) is 63.7 Å². The number of rotatable bonds is 6. The van der Waals surface area contributed by atoms with E-state index in [1.165, 1.54) is 24.9 Å². The van der Waals surface area contributed by atoms with Gasteiger partial charge in [0.15, 0.2) is 0 Å². The van der Waals surface area contributed by atoms with Crippen molar-refractivity contribution in [3.63, 3.8) is 0 Å². The maximum absolute atomic E-state index is 14.3. The summed E-state index contributed by atoms with van der Waals surface area (Å²) in [5.74, 6) is -0.118. The molecule has 2 aromatic carbocycles. The Hall–Kier alpha value is -4.25. The molecule has 286 valence electrons. The number of aryl methyl sites for hydroxylation is 2. The van der Waals surface area contributed by atoms with Crippen molar-refractivity contribution in [1.82, 2.24) is 25.1 Å². The van der Waals surface area contributed by atoms with Crippen LogP contribution in [0.25, 0.3) is 0 Å². The number of anilines is 2. The Morgan fingerprint density at radius 2 is 1.48 bits per heavy atom. The quantitative estimate of drug-likeness (QED) is 0.234. The molecule has 0 saturated carbocycles. The summed E-state index contributed by atoms with van der Waals surface area (Å²) in [6, 6.07) is 2.85. The number of alkyl halides is 9. The van der Waals surface area contributed by atoms with Gasteiger partial charge < -0.3 is 19.4 Å². The van der Waals surface area contributed by atoms with E-state index in [9.17, 15) is 44.3 Å². The van der Waals surface area contributed by atoms with Gasteiger partial charge in [0.2, 0.25) is 0 Å². The first-order valence-corrected chi connectivity index (χ1v) is 16.7. The minimum Gasteiger partial charge on any atom is -0.444 e. The Bertz CT molecular complexity index is 1710. The largest absolute Gasteiger partial charge is 0.444 e. The standard InChI is InChI=1S/C34H40F9N7O2/c1-20-13-25-27(50(29-44-46-47(5)45-29)19-22-14-23(32(35,36)37)16-24(15-22)33(38,39)40)7-6-10-49(28(25)17-26(20)34(41,42)43)18-21-8-11-48(12-9-21)30(51)52-31(2,3)4/h13-17,21,27H,6-12,18-19H2,1-5H3/t27-/m0/s1. The number of aromatic nitrogens is 4. The lowest BCUT2D eigenvalue weighted by atomic mass is 9.93. The van der Waals surface area contributed by atoms with Gasteiger partial charge in [-0.1, -0.05) is 11.2 Å². The maximum atomic E-state index is 14.3. The summed E-state index contributed by atoms with van der Waals surface area (Å²) in [6.07, 6.45) is -13.5. The van der Waals surface area contributed by atoms with Gasteiger partial charge in [-0.05, 0) is 105 Å². The highest BCUT2D eigenvalue weighted by Gasteiger charge is 2.40. The molecule has 1 atom stereocenters. The summed E-state index contributed by atoms with van der Waals surface area (Å²) < 4.78 is 131. The summed E-state index contributed by atoms with van der Waals surface area (Å²) in [4.78, 5) is 18.5. The molecule has 18 heteroatoms. The third-order valence-corrected chi connectivity index (χ3v) is 9.16. The molecule has 0 unspecified atom stereocenters. The number of hydrogen-bond acceptors (Lipinski definition) is 7. The van der Waals surface area contributed by atoms with Crippen LogP contribution in [-0.4, -0.2) is 63.0 Å². The summed E-state index contributed by atoms with van der Waals surface area (Å²) in [5.41, 5.74) is -4.36. The molecule has 0 radical (unpaired) electrons. The van der Waals surface area contributed by atoms with Crippen molar-refractivity contribution in [1.29, 1.82) is 0 Å². The van der Waals surface area contributed by atoms with Gasteiger partial charge in [0.1, 0.15) is 5.60 Å². The van der Waals surface area contributed by atoms with Gasteiger partial charge in [-0.2, -0.15) is 44.3 Å². The van der Waals surface area contributed by atoms with Crippen molar-refractivity contribution in [2.75, 3.05) is 36.0 Å². The van der Waals surface area contributed by atoms with Crippen LogP contribution in [0.1, 0.15) is 85.9 Å². The highest BCUT2D eigenvalue weighted by molar-refractivity contribution is 5.68. The zero-order valence-electron chi connectivity index (χ0n) is 29.3. The number of halogens is 9. The van der Waals surface area contributed by atoms with Crippen LogP contribution >= 0.6 is 0 Å². The number of carbonyl (C=O) groups excluding carboxylic acids is 1. The molecule has 3 aromatic rings. The normalized spacial score (nSPS) is 17.9. The van der Waals surface area contributed by atoms with Crippen LogP contribution in [0.5, 0.6) is 0 Å². The second-order valence-corrected chi connectivity index (χ2v) is 14.4. The summed E-state index contributed by atoms with van der Waals surface area (Å²) in [7, 11) is 1.43. The van der Waals surface area contributed by atoms with Crippen molar-refractivity contribution in [2.24, 2.45) is 13.0 Å². The number of nitrogens with zero attached hydrogens (tertiary/aromatic N) is 7. The zero-order chi connectivity index (χ0) is 38.4. The number of fused-ring (bicyclic) bond motifs is 1. The average Bonchev–Trinajstić information content (AvgIpc) is 3.37. The first kappa shape index (κ1) is 39.0. The Kier molecular flexibility index (Phi) is 10.7. The van der Waals surface area contributed by atoms with E-state index in [2.05, 4.69) is 15.4 Å². The maximum Gasteiger partial charge on any atom is 0.416 e. The lowest BCUT2D eigenvalue weighted by Gasteiger charge is -2.37. The molecule has 0 aliphatic carbocycles. The molecule has 5 rings (SSSR count). The molecule has 0 N–H and O–H groups in total. The second-order valence-electron chi connectivity index (χ2n) is 14.4. The zero-order valence-corrected chi connectivity index (χ0v) is 29.3. The van der Waals surface area contributed by atoms with Crippen molar-refractivity contribution < 1.29 is 49.0 Å². The minimum absolute atomic E-state index is 0.00221. The number of carbonyl (C=O) groups is 1. The summed E-state index contributed by atoms with van der Waals surface area (Å²) in [6.45, 7) is 7.52. The van der Waals surface area contributed by atoms with Crippen LogP contribution < -0.4 is 9.80 Å². The van der Waals surface area contributed by atoms with E-state index in [1.54, 1.807) is 25.7 Å². The van der Waals surface area contributed by atoms with Crippen LogP contribution in [0.2, 0.25) is 0 Å². The van der Waals surface area contributed by atoms with Gasteiger partial charge >= 0.3 is 24.6 Å². The number of piperidine rings is 1. The molecule has 2 aliphatic heterocycles. The lowest BCUT2D eigenvalue weighted by Crippen LogP contribution is -2.44. The molecule has 0 spiro atoms. The van der Waals surface area contributed by atoms with Gasteiger partial charge in [0.25, 0.3) is 5.95 Å². The van der Waals surface area contributed by atoms with Gasteiger partial charge in [-0.15, -0.1) is 5.10 Å². The summed E-state index contributed by atoms with van der Waals surface area (Å²) >= 11 is 0. The first-order valence-electron chi connectivity index (χ1n) is 16.7. The van der Waals surface area contributed by atoms with Crippen molar-refractivity contribution >= 4 is 17.7 Å². The molecule has 0 bridgehead atoms. The van der Waals surface area contributed by atoms with E-state index in [0.29, 0.717) is 63.1 Å². The van der Waals surface area contributed by atoms with Gasteiger partial charge in [0.05, 0.1) is 29.8 Å². The van der Waals surface area contributed by atoms with Crippen LogP contribution in [0.4, 0.5) is 55.9 Å². The smallest absolute Gasteiger partial charge is 0.416 e. The second kappa shape index (κ2) is 14.3. The molecule has 1 fully saturated rings. The van der Waals surface area contributed by atoms with E-state index in [1.807, 2.05) is 4.90 Å². The molecule has 3 heterocycles. The van der Waals surface area contributed by atoms with Gasteiger partial charge in [-0.3, -0.25) is 0 Å². The number of amides is 1. The summed E-state index contributed by atoms with van der Waals surface area (Å²) in [5, 5.41) is 12.0. The number of hydrogen-bond donors (Lipinski definition) is 0.